The number of halogens is 1. The van der Waals surface area contributed by atoms with Gasteiger partial charge in [0.05, 0.1) is 17.9 Å². The van der Waals surface area contributed by atoms with E-state index in [4.69, 9.17) is 27.4 Å². The maximum atomic E-state index is 13.4. The number of benzene rings is 1. The third-order valence-electron chi connectivity index (χ3n) is 6.41. The van der Waals surface area contributed by atoms with Gasteiger partial charge < -0.3 is 15.5 Å². The van der Waals surface area contributed by atoms with Crippen LogP contribution in [0.2, 0.25) is 5.02 Å². The number of piperidine rings is 1. The van der Waals surface area contributed by atoms with E-state index >= 15 is 0 Å². The monoisotopic (exact) mass is 438 g/mol. The van der Waals surface area contributed by atoms with E-state index in [-0.39, 0.29) is 18.0 Å². The Bertz CT molecular complexity index is 1130. The van der Waals surface area contributed by atoms with E-state index in [1.165, 1.54) is 0 Å². The molecule has 2 saturated heterocycles. The van der Waals surface area contributed by atoms with Crippen molar-refractivity contribution in [2.24, 2.45) is 5.73 Å². The number of rotatable bonds is 3. The summed E-state index contributed by atoms with van der Waals surface area (Å²) in [5, 5.41) is 5.34. The van der Waals surface area contributed by atoms with Crippen molar-refractivity contribution in [1.29, 1.82) is 0 Å². The summed E-state index contributed by atoms with van der Waals surface area (Å²) in [6, 6.07) is 9.62. The van der Waals surface area contributed by atoms with Crippen LogP contribution < -0.4 is 10.6 Å². The molecule has 2 fully saturated rings. The molecule has 2 unspecified atom stereocenters. The van der Waals surface area contributed by atoms with Crippen molar-refractivity contribution in [1.82, 2.24) is 19.5 Å². The molecule has 31 heavy (non-hydrogen) atoms. The molecule has 5 rings (SSSR count). The number of anilines is 1. The van der Waals surface area contributed by atoms with Crippen LogP contribution in [0.15, 0.2) is 36.5 Å². The van der Waals surface area contributed by atoms with Gasteiger partial charge in [-0.25, -0.2) is 9.50 Å². The lowest BCUT2D eigenvalue weighted by Crippen LogP contribution is -2.39. The first-order valence-electron chi connectivity index (χ1n) is 10.9. The first kappa shape index (κ1) is 20.3. The topological polar surface area (TPSA) is 79.8 Å². The van der Waals surface area contributed by atoms with Crippen LogP contribution in [0.4, 0.5) is 5.82 Å². The second-order valence-corrected chi connectivity index (χ2v) is 9.06. The Morgan fingerprint density at radius 2 is 2.03 bits per heavy atom. The van der Waals surface area contributed by atoms with Gasteiger partial charge in [0, 0.05) is 36.3 Å². The predicted octanol–water partition coefficient (Wildman–Crippen LogP) is 3.60. The van der Waals surface area contributed by atoms with E-state index in [0.717, 1.165) is 61.5 Å². The molecule has 0 saturated carbocycles. The minimum absolute atomic E-state index is 0.0152. The number of likely N-dealkylation sites (tertiary alicyclic amines) is 1. The summed E-state index contributed by atoms with van der Waals surface area (Å²) in [6.45, 7) is 4.41. The fourth-order valence-electron chi connectivity index (χ4n) is 4.68. The van der Waals surface area contributed by atoms with Crippen LogP contribution in [0, 0.1) is 6.92 Å². The minimum atomic E-state index is -0.0648. The second kappa shape index (κ2) is 8.13. The zero-order chi connectivity index (χ0) is 21.5. The van der Waals surface area contributed by atoms with Crippen LogP contribution in [0.1, 0.15) is 53.3 Å². The highest BCUT2D eigenvalue weighted by atomic mass is 35.5. The Morgan fingerprint density at radius 1 is 1.16 bits per heavy atom. The van der Waals surface area contributed by atoms with Crippen LogP contribution in [0.5, 0.6) is 0 Å². The van der Waals surface area contributed by atoms with Crippen LogP contribution in [0.25, 0.3) is 5.65 Å². The molecule has 162 valence electrons. The molecule has 2 aliphatic heterocycles. The van der Waals surface area contributed by atoms with Gasteiger partial charge in [0.25, 0.3) is 5.91 Å². The molecule has 2 N–H and O–H groups in total. The highest BCUT2D eigenvalue weighted by Gasteiger charge is 2.31. The lowest BCUT2D eigenvalue weighted by atomic mass is 9.97. The lowest BCUT2D eigenvalue weighted by Gasteiger charge is -2.35. The Kier molecular flexibility index (Phi) is 5.32. The highest BCUT2D eigenvalue weighted by molar-refractivity contribution is 6.31. The first-order valence-corrected chi connectivity index (χ1v) is 11.3. The SMILES string of the molecule is Cc1ccc(Cl)cc1C(=O)N1CCCCC1c1cn2nc(N3CCC(N)C3)ccc2n1. The molecule has 2 atom stereocenters. The minimum Gasteiger partial charge on any atom is -0.354 e. The summed E-state index contributed by atoms with van der Waals surface area (Å²) in [6.07, 6.45) is 5.91. The highest BCUT2D eigenvalue weighted by Crippen LogP contribution is 2.33. The van der Waals surface area contributed by atoms with Crippen molar-refractivity contribution in [2.45, 2.75) is 44.7 Å². The normalized spacial score (nSPS) is 21.8. The van der Waals surface area contributed by atoms with Crippen molar-refractivity contribution < 1.29 is 4.79 Å². The molecule has 4 heterocycles. The Morgan fingerprint density at radius 3 is 2.84 bits per heavy atom. The quantitative estimate of drug-likeness (QED) is 0.675. The summed E-state index contributed by atoms with van der Waals surface area (Å²) in [4.78, 5) is 22.4. The molecule has 3 aromatic rings. The third kappa shape index (κ3) is 3.88. The van der Waals surface area contributed by atoms with Crippen molar-refractivity contribution in [3.05, 3.63) is 58.4 Å². The number of aryl methyl sites for hydroxylation is 1. The number of carbonyl (C=O) groups is 1. The second-order valence-electron chi connectivity index (χ2n) is 8.62. The molecule has 1 amide bonds. The maximum absolute atomic E-state index is 13.4. The molecule has 7 nitrogen and oxygen atoms in total. The van der Waals surface area contributed by atoms with E-state index in [0.29, 0.717) is 17.1 Å². The molecule has 8 heteroatoms. The molecule has 2 aromatic heterocycles. The average molecular weight is 439 g/mol. The molecular weight excluding hydrogens is 412 g/mol. The number of amides is 1. The fourth-order valence-corrected chi connectivity index (χ4v) is 4.85. The number of aromatic nitrogens is 3. The van der Waals surface area contributed by atoms with Gasteiger partial charge in [-0.2, -0.15) is 0 Å². The summed E-state index contributed by atoms with van der Waals surface area (Å²) < 4.78 is 1.83. The molecule has 0 radical (unpaired) electrons. The summed E-state index contributed by atoms with van der Waals surface area (Å²) >= 11 is 6.18. The number of hydrogen-bond acceptors (Lipinski definition) is 5. The molecule has 2 aliphatic rings. The average Bonchev–Trinajstić information content (AvgIpc) is 3.40. The van der Waals surface area contributed by atoms with Crippen LogP contribution in [0.3, 0.4) is 0 Å². The molecule has 0 aliphatic carbocycles. The summed E-state index contributed by atoms with van der Waals surface area (Å²) in [5.41, 5.74) is 9.32. The van der Waals surface area contributed by atoms with Gasteiger partial charge in [-0.1, -0.05) is 17.7 Å². The summed E-state index contributed by atoms with van der Waals surface area (Å²) in [7, 11) is 0. The van der Waals surface area contributed by atoms with Gasteiger partial charge in [0.1, 0.15) is 5.82 Å². The van der Waals surface area contributed by atoms with Crippen molar-refractivity contribution >= 4 is 29.0 Å². The number of imidazole rings is 1. The van der Waals surface area contributed by atoms with Crippen molar-refractivity contribution in [3.8, 4) is 0 Å². The van der Waals surface area contributed by atoms with Gasteiger partial charge in [-0.15, -0.1) is 5.10 Å². The van der Waals surface area contributed by atoms with Crippen LogP contribution >= 0.6 is 11.6 Å². The number of nitrogens with two attached hydrogens (primary N) is 1. The number of nitrogens with zero attached hydrogens (tertiary/aromatic N) is 5. The molecule has 0 spiro atoms. The Labute approximate surface area is 186 Å². The van der Waals surface area contributed by atoms with E-state index in [9.17, 15) is 4.79 Å². The Balaban J connectivity index is 1.45. The van der Waals surface area contributed by atoms with Gasteiger partial charge in [0.15, 0.2) is 5.65 Å². The smallest absolute Gasteiger partial charge is 0.254 e. The van der Waals surface area contributed by atoms with E-state index in [1.807, 2.05) is 46.8 Å². The molecule has 0 bridgehead atoms. The van der Waals surface area contributed by atoms with Crippen molar-refractivity contribution in [2.75, 3.05) is 24.5 Å². The zero-order valence-corrected chi connectivity index (χ0v) is 18.4. The van der Waals surface area contributed by atoms with Gasteiger partial charge in [0.2, 0.25) is 0 Å². The van der Waals surface area contributed by atoms with E-state index in [1.54, 1.807) is 6.07 Å². The Hall–Kier alpha value is -2.64. The van der Waals surface area contributed by atoms with E-state index < -0.39 is 0 Å². The van der Waals surface area contributed by atoms with E-state index in [2.05, 4.69) is 4.90 Å². The van der Waals surface area contributed by atoms with Crippen LogP contribution in [-0.2, 0) is 0 Å². The largest absolute Gasteiger partial charge is 0.354 e. The van der Waals surface area contributed by atoms with Gasteiger partial charge in [-0.3, -0.25) is 4.79 Å². The molecular formula is C23H27ClN6O. The lowest BCUT2D eigenvalue weighted by molar-refractivity contribution is 0.0606. The predicted molar refractivity (Wildman–Crippen MR) is 122 cm³/mol. The number of hydrogen-bond donors (Lipinski definition) is 1. The molecule has 1 aromatic carbocycles. The first-order chi connectivity index (χ1) is 15.0. The van der Waals surface area contributed by atoms with Gasteiger partial charge in [-0.05, 0) is 62.4 Å². The fraction of sp³-hybridized carbons (Fsp3) is 0.435. The standard InChI is InChI=1S/C23H27ClN6O/c1-15-5-6-16(24)12-18(15)23(31)29-10-3-2-4-20(29)19-14-30-21(26-19)7-8-22(27-30)28-11-9-17(25)13-28/h5-8,12,14,17,20H,2-4,9-11,13,25H2,1H3. The zero-order valence-electron chi connectivity index (χ0n) is 17.7. The van der Waals surface area contributed by atoms with Gasteiger partial charge >= 0.3 is 0 Å². The van der Waals surface area contributed by atoms with Crippen LogP contribution in [-0.4, -0.2) is 51.1 Å². The third-order valence-corrected chi connectivity index (χ3v) is 6.64. The number of carbonyl (C=O) groups excluding carboxylic acids is 1. The maximum Gasteiger partial charge on any atom is 0.254 e. The number of fused-ring (bicyclic) bond motifs is 1. The summed E-state index contributed by atoms with van der Waals surface area (Å²) in [5.74, 6) is 0.928. The van der Waals surface area contributed by atoms with Crippen molar-refractivity contribution in [3.63, 3.8) is 0 Å².